The molecule has 1 unspecified atom stereocenters. The predicted octanol–water partition coefficient (Wildman–Crippen LogP) is 4.70. The molecule has 33 heavy (non-hydrogen) atoms. The Morgan fingerprint density at radius 3 is 2.39 bits per heavy atom. The van der Waals surface area contributed by atoms with Crippen LogP contribution in [0.5, 0.6) is 11.5 Å². The average molecular weight is 518 g/mol. The van der Waals surface area contributed by atoms with Gasteiger partial charge in [0, 0.05) is 30.3 Å². The number of hydrogen-bond donors (Lipinski definition) is 1. The summed E-state index contributed by atoms with van der Waals surface area (Å²) in [4.78, 5) is 27.5. The molecule has 7 nitrogen and oxygen atoms in total. The van der Waals surface area contributed by atoms with E-state index in [2.05, 4.69) is 15.9 Å². The Morgan fingerprint density at radius 1 is 1.09 bits per heavy atom. The number of aliphatic hydroxyl groups excluding tert-OH is 1. The number of methoxy groups -OCH3 is 2. The van der Waals surface area contributed by atoms with Gasteiger partial charge in [0.05, 0.1) is 24.8 Å². The van der Waals surface area contributed by atoms with Gasteiger partial charge >= 0.3 is 0 Å². The monoisotopic (exact) mass is 517 g/mol. The standard InChI is InChI=1S/C25H28BrNO6/c1-15(2)33-19-11-8-17(14-20(19)32-4)22-21(23(28)16-6-9-18(26)10-7-16)24(29)25(30)27(22)12-5-13-31-3/h6-11,14-15,22,28H,5,12-13H2,1-4H3/b23-21-. The van der Waals surface area contributed by atoms with Crippen molar-refractivity contribution < 1.29 is 28.9 Å². The number of aliphatic hydroxyl groups is 1. The van der Waals surface area contributed by atoms with Crippen LogP contribution >= 0.6 is 15.9 Å². The maximum absolute atomic E-state index is 13.1. The highest BCUT2D eigenvalue weighted by Gasteiger charge is 2.46. The van der Waals surface area contributed by atoms with E-state index in [1.807, 2.05) is 13.8 Å². The number of Topliss-reactive ketones (excluding diaryl/α,β-unsaturated/α-hetero) is 1. The molecular formula is C25H28BrNO6. The van der Waals surface area contributed by atoms with Crippen LogP contribution in [0, 0.1) is 0 Å². The van der Waals surface area contributed by atoms with Crippen LogP contribution in [-0.4, -0.2) is 55.2 Å². The molecule has 1 saturated heterocycles. The van der Waals surface area contributed by atoms with Crippen LogP contribution < -0.4 is 9.47 Å². The highest BCUT2D eigenvalue weighted by Crippen LogP contribution is 2.42. The van der Waals surface area contributed by atoms with Gasteiger partial charge in [0.1, 0.15) is 5.76 Å². The molecule has 8 heteroatoms. The lowest BCUT2D eigenvalue weighted by Crippen LogP contribution is -2.31. The molecule has 0 aromatic heterocycles. The van der Waals surface area contributed by atoms with Crippen LogP contribution in [0.2, 0.25) is 0 Å². The first kappa shape index (κ1) is 24.8. The number of ether oxygens (including phenoxy) is 3. The molecule has 1 amide bonds. The number of likely N-dealkylation sites (tertiary alicyclic amines) is 1. The Bertz CT molecular complexity index is 1050. The van der Waals surface area contributed by atoms with Gasteiger partial charge in [-0.1, -0.05) is 34.1 Å². The third-order valence-electron chi connectivity index (χ3n) is 5.27. The minimum absolute atomic E-state index is 0.0410. The normalized spacial score (nSPS) is 17.6. The molecule has 0 radical (unpaired) electrons. The maximum atomic E-state index is 13.1. The van der Waals surface area contributed by atoms with Gasteiger partial charge in [-0.25, -0.2) is 0 Å². The van der Waals surface area contributed by atoms with Gasteiger partial charge in [0.25, 0.3) is 11.7 Å². The summed E-state index contributed by atoms with van der Waals surface area (Å²) in [7, 11) is 3.11. The van der Waals surface area contributed by atoms with Crippen LogP contribution in [0.4, 0.5) is 0 Å². The van der Waals surface area contributed by atoms with E-state index in [0.29, 0.717) is 42.2 Å². The van der Waals surface area contributed by atoms with Crippen molar-refractivity contribution in [1.29, 1.82) is 0 Å². The Kier molecular flexibility index (Phi) is 8.15. The van der Waals surface area contributed by atoms with Crippen LogP contribution in [0.15, 0.2) is 52.5 Å². The van der Waals surface area contributed by atoms with E-state index in [-0.39, 0.29) is 17.4 Å². The van der Waals surface area contributed by atoms with Crippen LogP contribution in [0.3, 0.4) is 0 Å². The topological polar surface area (TPSA) is 85.3 Å². The van der Waals surface area contributed by atoms with E-state index < -0.39 is 17.7 Å². The lowest BCUT2D eigenvalue weighted by Gasteiger charge is -2.26. The molecule has 0 spiro atoms. The molecule has 176 valence electrons. The number of hydrogen-bond acceptors (Lipinski definition) is 6. The van der Waals surface area contributed by atoms with E-state index in [1.54, 1.807) is 49.6 Å². The van der Waals surface area contributed by atoms with Gasteiger partial charge in [0.2, 0.25) is 0 Å². The van der Waals surface area contributed by atoms with Gasteiger partial charge in [-0.2, -0.15) is 0 Å². The Hall–Kier alpha value is -2.84. The SMILES string of the molecule is COCCCN1C(=O)C(=O)/C(=C(\O)c2ccc(Br)cc2)C1c1ccc(OC(C)C)c(OC)c1. The molecule has 1 atom stereocenters. The van der Waals surface area contributed by atoms with Crippen molar-refractivity contribution in [2.45, 2.75) is 32.4 Å². The smallest absolute Gasteiger partial charge is 0.295 e. The van der Waals surface area contributed by atoms with Crippen molar-refractivity contribution in [3.05, 3.63) is 63.6 Å². The number of amides is 1. The summed E-state index contributed by atoms with van der Waals surface area (Å²) < 4.78 is 17.3. The highest BCUT2D eigenvalue weighted by molar-refractivity contribution is 9.10. The van der Waals surface area contributed by atoms with Crippen molar-refractivity contribution in [3.63, 3.8) is 0 Å². The molecule has 3 rings (SSSR count). The number of rotatable bonds is 9. The van der Waals surface area contributed by atoms with Gasteiger partial charge in [-0.05, 0) is 50.1 Å². The van der Waals surface area contributed by atoms with E-state index in [9.17, 15) is 14.7 Å². The van der Waals surface area contributed by atoms with Gasteiger partial charge in [-0.15, -0.1) is 0 Å². The molecular weight excluding hydrogens is 490 g/mol. The first-order chi connectivity index (χ1) is 15.8. The summed E-state index contributed by atoms with van der Waals surface area (Å²) in [6.45, 7) is 4.56. The summed E-state index contributed by atoms with van der Waals surface area (Å²) in [5, 5.41) is 11.1. The molecule has 1 aliphatic heterocycles. The number of nitrogens with zero attached hydrogens (tertiary/aromatic N) is 1. The summed E-state index contributed by atoms with van der Waals surface area (Å²) in [5.41, 5.74) is 1.13. The molecule has 0 bridgehead atoms. The quantitative estimate of drug-likeness (QED) is 0.224. The van der Waals surface area contributed by atoms with E-state index in [1.165, 1.54) is 12.0 Å². The fourth-order valence-electron chi connectivity index (χ4n) is 3.81. The lowest BCUT2D eigenvalue weighted by molar-refractivity contribution is -0.140. The molecule has 2 aromatic rings. The minimum atomic E-state index is -0.771. The minimum Gasteiger partial charge on any atom is -0.507 e. The second-order valence-electron chi connectivity index (χ2n) is 7.92. The molecule has 1 aliphatic rings. The van der Waals surface area contributed by atoms with Crippen LogP contribution in [-0.2, 0) is 14.3 Å². The number of carbonyl (C=O) groups excluding carboxylic acids is 2. The highest BCUT2D eigenvalue weighted by atomic mass is 79.9. The van der Waals surface area contributed by atoms with E-state index in [4.69, 9.17) is 14.2 Å². The van der Waals surface area contributed by atoms with E-state index in [0.717, 1.165) is 4.47 Å². The van der Waals surface area contributed by atoms with Crippen molar-refractivity contribution in [3.8, 4) is 11.5 Å². The van der Waals surface area contributed by atoms with Crippen molar-refractivity contribution in [2.24, 2.45) is 0 Å². The van der Waals surface area contributed by atoms with Gasteiger partial charge in [0.15, 0.2) is 11.5 Å². The largest absolute Gasteiger partial charge is 0.507 e. The molecule has 1 fully saturated rings. The summed E-state index contributed by atoms with van der Waals surface area (Å²) >= 11 is 3.37. The molecule has 0 saturated carbocycles. The third kappa shape index (κ3) is 5.39. The summed E-state index contributed by atoms with van der Waals surface area (Å²) in [6.07, 6.45) is 0.492. The number of carbonyl (C=O) groups is 2. The van der Waals surface area contributed by atoms with Crippen molar-refractivity contribution >= 4 is 33.4 Å². The third-order valence-corrected chi connectivity index (χ3v) is 5.80. The second kappa shape index (κ2) is 10.9. The Balaban J connectivity index is 2.14. The number of benzene rings is 2. The Morgan fingerprint density at radius 2 is 1.79 bits per heavy atom. The zero-order valence-corrected chi connectivity index (χ0v) is 20.7. The number of ketones is 1. The molecule has 2 aromatic carbocycles. The van der Waals surface area contributed by atoms with Crippen molar-refractivity contribution in [1.82, 2.24) is 4.90 Å². The maximum Gasteiger partial charge on any atom is 0.295 e. The first-order valence-corrected chi connectivity index (χ1v) is 11.5. The van der Waals surface area contributed by atoms with E-state index >= 15 is 0 Å². The Labute approximate surface area is 202 Å². The van der Waals surface area contributed by atoms with Crippen molar-refractivity contribution in [2.75, 3.05) is 27.4 Å². The second-order valence-corrected chi connectivity index (χ2v) is 8.84. The van der Waals surface area contributed by atoms with Gasteiger partial charge in [-0.3, -0.25) is 9.59 Å². The fraction of sp³-hybridized carbons (Fsp3) is 0.360. The van der Waals surface area contributed by atoms with Crippen LogP contribution in [0.1, 0.15) is 37.4 Å². The van der Waals surface area contributed by atoms with Gasteiger partial charge < -0.3 is 24.2 Å². The lowest BCUT2D eigenvalue weighted by atomic mass is 9.95. The first-order valence-electron chi connectivity index (χ1n) is 10.7. The zero-order chi connectivity index (χ0) is 24.1. The predicted molar refractivity (Wildman–Crippen MR) is 128 cm³/mol. The molecule has 1 heterocycles. The number of halogens is 1. The molecule has 1 N–H and O–H groups in total. The molecule has 0 aliphatic carbocycles. The fourth-order valence-corrected chi connectivity index (χ4v) is 4.07. The summed E-state index contributed by atoms with van der Waals surface area (Å²) in [6, 6.07) is 11.4. The van der Waals surface area contributed by atoms with Crippen LogP contribution in [0.25, 0.3) is 5.76 Å². The average Bonchev–Trinajstić information content (AvgIpc) is 3.04. The zero-order valence-electron chi connectivity index (χ0n) is 19.1. The summed E-state index contributed by atoms with van der Waals surface area (Å²) in [5.74, 6) is -0.565.